The number of fused-ring (bicyclic) bond motifs is 1. The van der Waals surface area contributed by atoms with E-state index in [4.69, 9.17) is 11.6 Å². The van der Waals surface area contributed by atoms with E-state index in [2.05, 4.69) is 30.5 Å². The fraction of sp³-hybridized carbons (Fsp3) is 0.286. The van der Waals surface area contributed by atoms with Gasteiger partial charge in [0.25, 0.3) is 0 Å². The summed E-state index contributed by atoms with van der Waals surface area (Å²) in [5.74, 6) is 0.532. The number of nitrogens with zero attached hydrogens (tertiary/aromatic N) is 6. The Balaban J connectivity index is 1.28. The number of H-pyrrole nitrogens is 1. The molecule has 0 saturated carbocycles. The number of aromatic nitrogens is 6. The molecule has 9 nitrogen and oxygen atoms in total. The molecule has 3 heterocycles. The van der Waals surface area contributed by atoms with E-state index in [1.807, 2.05) is 12.1 Å². The van der Waals surface area contributed by atoms with E-state index < -0.39 is 0 Å². The van der Waals surface area contributed by atoms with Crippen LogP contribution in [0.2, 0.25) is 5.02 Å². The van der Waals surface area contributed by atoms with Crippen LogP contribution in [0.4, 0.5) is 0 Å². The van der Waals surface area contributed by atoms with E-state index in [0.29, 0.717) is 28.5 Å². The Morgan fingerprint density at radius 1 is 1.16 bits per heavy atom. The highest BCUT2D eigenvalue weighted by Gasteiger charge is 2.24. The van der Waals surface area contributed by atoms with Gasteiger partial charge in [-0.25, -0.2) is 4.98 Å². The van der Waals surface area contributed by atoms with Crippen LogP contribution in [0.15, 0.2) is 42.5 Å². The number of tetrazole rings is 1. The second-order valence-electron chi connectivity index (χ2n) is 7.64. The van der Waals surface area contributed by atoms with Gasteiger partial charge in [0, 0.05) is 35.3 Å². The molecule has 10 heteroatoms. The minimum Gasteiger partial charge on any atom is -0.846 e. The Morgan fingerprint density at radius 3 is 2.65 bits per heavy atom. The lowest BCUT2D eigenvalue weighted by atomic mass is 10.0. The standard InChI is InChI=1S/C21H20ClN7O2/c22-15-4-1-13(2-5-15)19(30)12-28-9-7-16(8-10-28)29-18-6-3-14(20-24-26-27-25-20)11-17(18)23-21(29)31/h1-6,11,16H,7-10,12H2,(H,23,31)(H,24,25,26,27)/p-1. The number of benzene rings is 2. The van der Waals surface area contributed by atoms with Gasteiger partial charge in [0.05, 0.1) is 23.6 Å². The molecule has 158 valence electrons. The predicted molar refractivity (Wildman–Crippen MR) is 113 cm³/mol. The zero-order chi connectivity index (χ0) is 21.4. The lowest BCUT2D eigenvalue weighted by molar-refractivity contribution is -0.286. The number of hydrogen-bond donors (Lipinski definition) is 1. The molecule has 1 aliphatic rings. The number of hydrogen-bond acceptors (Lipinski definition) is 7. The maximum atomic E-state index is 12.6. The number of Topliss-reactive ketones (excluding diaryl/α,β-unsaturated/α-hetero) is 1. The Hall–Kier alpha value is -3.30. The Kier molecular flexibility index (Phi) is 5.13. The smallest absolute Gasteiger partial charge is 0.204 e. The van der Waals surface area contributed by atoms with Crippen molar-refractivity contribution in [2.24, 2.45) is 0 Å². The van der Waals surface area contributed by atoms with E-state index in [-0.39, 0.29) is 17.8 Å². The van der Waals surface area contributed by atoms with Gasteiger partial charge in [0.15, 0.2) is 5.78 Å². The normalized spacial score (nSPS) is 15.5. The molecule has 0 radical (unpaired) electrons. The van der Waals surface area contributed by atoms with Crippen LogP contribution in [0.25, 0.3) is 22.4 Å². The van der Waals surface area contributed by atoms with E-state index in [9.17, 15) is 9.90 Å². The molecule has 0 spiro atoms. The number of piperidine rings is 1. The van der Waals surface area contributed by atoms with Crippen LogP contribution in [-0.2, 0) is 0 Å². The predicted octanol–water partition coefficient (Wildman–Crippen LogP) is 2.46. The first kappa shape index (κ1) is 19.7. The molecule has 5 rings (SSSR count). The summed E-state index contributed by atoms with van der Waals surface area (Å²) >= 11 is 5.90. The van der Waals surface area contributed by atoms with Crippen molar-refractivity contribution in [2.75, 3.05) is 19.6 Å². The van der Waals surface area contributed by atoms with Crippen molar-refractivity contribution < 1.29 is 9.90 Å². The Bertz CT molecular complexity index is 1210. The number of rotatable bonds is 5. The van der Waals surface area contributed by atoms with Gasteiger partial charge < -0.3 is 9.67 Å². The first-order valence-corrected chi connectivity index (χ1v) is 10.4. The summed E-state index contributed by atoms with van der Waals surface area (Å²) in [4.78, 5) is 18.9. The average molecular weight is 437 g/mol. The molecule has 0 unspecified atom stereocenters. The number of nitrogens with one attached hydrogen (secondary N) is 1. The minimum absolute atomic E-state index is 0.0513. The maximum Gasteiger partial charge on any atom is 0.204 e. The van der Waals surface area contributed by atoms with Gasteiger partial charge in [-0.2, -0.15) is 5.21 Å². The van der Waals surface area contributed by atoms with Crippen LogP contribution in [-0.4, -0.2) is 60.5 Å². The van der Waals surface area contributed by atoms with Gasteiger partial charge >= 0.3 is 0 Å². The molecule has 2 aromatic carbocycles. The molecule has 1 fully saturated rings. The van der Waals surface area contributed by atoms with E-state index >= 15 is 0 Å². The number of likely N-dealkylation sites (tertiary alicyclic amines) is 1. The zero-order valence-corrected chi connectivity index (χ0v) is 17.3. The summed E-state index contributed by atoms with van der Waals surface area (Å²) in [6, 6.07) is 12.3. The Morgan fingerprint density at radius 2 is 1.94 bits per heavy atom. The second kappa shape index (κ2) is 8.09. The van der Waals surface area contributed by atoms with Crippen molar-refractivity contribution in [3.05, 3.63) is 53.1 Å². The number of halogens is 1. The summed E-state index contributed by atoms with van der Waals surface area (Å²) < 4.78 is 1.77. The highest BCUT2D eigenvalue weighted by molar-refractivity contribution is 6.30. The SMILES string of the molecule is O=C(CN1CCC(n2c([O-])nc3cc(-c4nn[nH]n4)ccc32)CC1)c1ccc(Cl)cc1. The van der Waals surface area contributed by atoms with Crippen LogP contribution in [0, 0.1) is 0 Å². The number of carbonyl (C=O) groups excluding carboxylic acids is 1. The summed E-state index contributed by atoms with van der Waals surface area (Å²) in [6.07, 6.45) is 1.56. The third-order valence-electron chi connectivity index (χ3n) is 5.72. The van der Waals surface area contributed by atoms with Crippen LogP contribution in [0.5, 0.6) is 6.01 Å². The third kappa shape index (κ3) is 3.89. The first-order chi connectivity index (χ1) is 15.1. The first-order valence-electron chi connectivity index (χ1n) is 10.0. The highest BCUT2D eigenvalue weighted by Crippen LogP contribution is 2.32. The third-order valence-corrected chi connectivity index (χ3v) is 5.97. The van der Waals surface area contributed by atoms with Crippen molar-refractivity contribution >= 4 is 28.4 Å². The molecule has 1 N–H and O–H groups in total. The highest BCUT2D eigenvalue weighted by atomic mass is 35.5. The summed E-state index contributed by atoms with van der Waals surface area (Å²) in [5, 5.41) is 27.2. The molecule has 0 aliphatic carbocycles. The van der Waals surface area contributed by atoms with Crippen molar-refractivity contribution in [1.82, 2.24) is 35.1 Å². The van der Waals surface area contributed by atoms with Crippen molar-refractivity contribution in [1.29, 1.82) is 0 Å². The molecule has 2 aromatic heterocycles. The number of imidazole rings is 1. The van der Waals surface area contributed by atoms with Crippen molar-refractivity contribution in [3.8, 4) is 17.4 Å². The molecule has 0 bridgehead atoms. The minimum atomic E-state index is -0.254. The number of aromatic amines is 1. The lowest BCUT2D eigenvalue weighted by Gasteiger charge is -2.33. The molecule has 31 heavy (non-hydrogen) atoms. The fourth-order valence-electron chi connectivity index (χ4n) is 4.12. The monoisotopic (exact) mass is 436 g/mol. The van der Waals surface area contributed by atoms with Gasteiger partial charge in [-0.15, -0.1) is 10.2 Å². The van der Waals surface area contributed by atoms with Crippen molar-refractivity contribution in [2.45, 2.75) is 18.9 Å². The summed E-state index contributed by atoms with van der Waals surface area (Å²) in [5.41, 5.74) is 2.83. The molecular formula is C21H19ClN7O2-. The quantitative estimate of drug-likeness (QED) is 0.477. The van der Waals surface area contributed by atoms with Crippen LogP contribution < -0.4 is 5.11 Å². The maximum absolute atomic E-state index is 12.6. The van der Waals surface area contributed by atoms with Crippen LogP contribution in [0.3, 0.4) is 0 Å². The van der Waals surface area contributed by atoms with Gasteiger partial charge in [0.1, 0.15) is 0 Å². The second-order valence-corrected chi connectivity index (χ2v) is 8.08. The average Bonchev–Trinajstić information content (AvgIpc) is 3.42. The van der Waals surface area contributed by atoms with Gasteiger partial charge in [-0.05, 0) is 60.5 Å². The van der Waals surface area contributed by atoms with Gasteiger partial charge in [-0.1, -0.05) is 11.6 Å². The van der Waals surface area contributed by atoms with Crippen LogP contribution >= 0.6 is 11.6 Å². The molecule has 0 atom stereocenters. The topological polar surface area (TPSA) is 116 Å². The molecule has 1 aliphatic heterocycles. The summed E-state index contributed by atoms with van der Waals surface area (Å²) in [7, 11) is 0. The fourth-order valence-corrected chi connectivity index (χ4v) is 4.24. The van der Waals surface area contributed by atoms with Crippen molar-refractivity contribution in [3.63, 3.8) is 0 Å². The van der Waals surface area contributed by atoms with E-state index in [1.54, 1.807) is 34.9 Å². The molecule has 0 amide bonds. The molecule has 4 aromatic rings. The zero-order valence-electron chi connectivity index (χ0n) is 16.5. The van der Waals surface area contributed by atoms with E-state index in [1.165, 1.54) is 0 Å². The number of carbonyl (C=O) groups is 1. The Labute approximate surface area is 182 Å². The van der Waals surface area contributed by atoms with Gasteiger partial charge in [-0.3, -0.25) is 9.69 Å². The largest absolute Gasteiger partial charge is 0.846 e. The molecule has 1 saturated heterocycles. The van der Waals surface area contributed by atoms with Gasteiger partial charge in [0.2, 0.25) is 5.82 Å². The summed E-state index contributed by atoms with van der Waals surface area (Å²) in [6.45, 7) is 1.84. The lowest BCUT2D eigenvalue weighted by Crippen LogP contribution is -2.38. The van der Waals surface area contributed by atoms with Crippen LogP contribution in [0.1, 0.15) is 29.2 Å². The van der Waals surface area contributed by atoms with E-state index in [0.717, 1.165) is 37.0 Å². The molecular weight excluding hydrogens is 418 g/mol. The number of ketones is 1.